The number of ketones is 1. The molecule has 3 aromatic rings. The van der Waals surface area contributed by atoms with Crippen molar-refractivity contribution >= 4 is 11.3 Å². The Labute approximate surface area is 172 Å². The van der Waals surface area contributed by atoms with Crippen molar-refractivity contribution in [3.05, 3.63) is 65.5 Å². The molecule has 2 saturated carbocycles. The minimum atomic E-state index is -4.42. The monoisotopic (exact) mass is 413 g/mol. The van der Waals surface area contributed by atoms with E-state index >= 15 is 0 Å². The lowest BCUT2D eigenvalue weighted by atomic mass is 9.76. The van der Waals surface area contributed by atoms with Crippen LogP contribution in [0.1, 0.15) is 77.5 Å². The Morgan fingerprint density at radius 2 is 1.70 bits per heavy atom. The van der Waals surface area contributed by atoms with E-state index < -0.39 is 11.9 Å². The zero-order valence-corrected chi connectivity index (χ0v) is 16.4. The number of nitrogens with zero attached hydrogens (tertiary/aromatic N) is 3. The summed E-state index contributed by atoms with van der Waals surface area (Å²) >= 11 is 0. The van der Waals surface area contributed by atoms with Crippen LogP contribution in [0.4, 0.5) is 13.2 Å². The Morgan fingerprint density at radius 3 is 2.33 bits per heavy atom. The zero-order chi connectivity index (χ0) is 20.9. The van der Waals surface area contributed by atoms with E-state index in [0.717, 1.165) is 66.8 Å². The molecule has 0 aliphatic heterocycles. The first-order valence-corrected chi connectivity index (χ1v) is 10.4. The van der Waals surface area contributed by atoms with Crippen molar-refractivity contribution in [1.82, 2.24) is 14.4 Å². The van der Waals surface area contributed by atoms with Crippen molar-refractivity contribution in [2.24, 2.45) is 5.92 Å². The first kappa shape index (κ1) is 19.3. The van der Waals surface area contributed by atoms with Gasteiger partial charge in [0.25, 0.3) is 0 Å². The SMILES string of the molecule is O=C(c1c(C2CC2)ccn2cncc12)C1CCC(c2ccc(C(F)(F)F)nc2)CC1. The molecule has 4 nitrogen and oxygen atoms in total. The van der Waals surface area contributed by atoms with Crippen LogP contribution in [0.25, 0.3) is 5.52 Å². The topological polar surface area (TPSA) is 47.3 Å². The van der Waals surface area contributed by atoms with Gasteiger partial charge in [0.2, 0.25) is 0 Å². The average molecular weight is 413 g/mol. The molecular formula is C23H22F3N3O. The maximum Gasteiger partial charge on any atom is 0.433 e. The van der Waals surface area contributed by atoms with Crippen molar-refractivity contribution in [3.63, 3.8) is 0 Å². The van der Waals surface area contributed by atoms with Gasteiger partial charge in [0.1, 0.15) is 5.69 Å². The van der Waals surface area contributed by atoms with Crippen LogP contribution in [-0.4, -0.2) is 20.2 Å². The minimum Gasteiger partial charge on any atom is -0.306 e. The molecule has 0 amide bonds. The van der Waals surface area contributed by atoms with Gasteiger partial charge in [-0.15, -0.1) is 0 Å². The van der Waals surface area contributed by atoms with Crippen molar-refractivity contribution in [2.75, 3.05) is 0 Å². The number of alkyl halides is 3. The Morgan fingerprint density at radius 1 is 0.967 bits per heavy atom. The molecule has 2 aliphatic carbocycles. The number of pyridine rings is 2. The van der Waals surface area contributed by atoms with Crippen LogP contribution in [-0.2, 0) is 6.18 Å². The maximum absolute atomic E-state index is 13.5. The average Bonchev–Trinajstić information content (AvgIpc) is 3.48. The Hall–Kier alpha value is -2.70. The normalized spacial score (nSPS) is 22.4. The van der Waals surface area contributed by atoms with Gasteiger partial charge in [0, 0.05) is 23.9 Å². The first-order chi connectivity index (χ1) is 14.4. The molecule has 2 aliphatic rings. The van der Waals surface area contributed by atoms with Crippen molar-refractivity contribution < 1.29 is 18.0 Å². The number of rotatable bonds is 4. The summed E-state index contributed by atoms with van der Waals surface area (Å²) in [6, 6.07) is 4.63. The van der Waals surface area contributed by atoms with E-state index in [1.165, 1.54) is 12.3 Å². The van der Waals surface area contributed by atoms with Crippen LogP contribution in [0.3, 0.4) is 0 Å². The quantitative estimate of drug-likeness (QED) is 0.509. The fraction of sp³-hybridized carbons (Fsp3) is 0.435. The van der Waals surface area contributed by atoms with Crippen LogP contribution in [0.2, 0.25) is 0 Å². The van der Waals surface area contributed by atoms with E-state index in [1.54, 1.807) is 12.5 Å². The van der Waals surface area contributed by atoms with Gasteiger partial charge in [-0.1, -0.05) is 6.07 Å². The number of hydrogen-bond acceptors (Lipinski definition) is 3. The number of carbonyl (C=O) groups is 1. The zero-order valence-electron chi connectivity index (χ0n) is 16.4. The third-order valence-electron chi connectivity index (χ3n) is 6.54. The molecule has 156 valence electrons. The second kappa shape index (κ2) is 7.22. The molecule has 0 N–H and O–H groups in total. The number of imidazole rings is 1. The van der Waals surface area contributed by atoms with Crippen LogP contribution in [0.15, 0.2) is 43.1 Å². The van der Waals surface area contributed by atoms with E-state index in [0.29, 0.717) is 5.92 Å². The molecule has 3 heterocycles. The minimum absolute atomic E-state index is 0.0535. The molecule has 0 spiro atoms. The van der Waals surface area contributed by atoms with E-state index in [-0.39, 0.29) is 17.6 Å². The highest BCUT2D eigenvalue weighted by Gasteiger charge is 2.35. The van der Waals surface area contributed by atoms with E-state index in [4.69, 9.17) is 0 Å². The molecule has 0 bridgehead atoms. The van der Waals surface area contributed by atoms with E-state index in [2.05, 4.69) is 16.0 Å². The molecule has 7 heteroatoms. The molecular weight excluding hydrogens is 391 g/mol. The summed E-state index contributed by atoms with van der Waals surface area (Å²) in [5.41, 5.74) is 2.79. The molecule has 30 heavy (non-hydrogen) atoms. The highest BCUT2D eigenvalue weighted by atomic mass is 19.4. The molecule has 2 fully saturated rings. The standard InChI is InChI=1S/C23H22F3N3O/c24-23(25,26)20-8-7-17(11-28-20)14-1-5-16(6-2-14)22(30)21-18(15-3-4-15)9-10-29-13-27-12-19(21)29/h7-16H,1-6H2. The predicted octanol–water partition coefficient (Wildman–Crippen LogP) is 5.78. The lowest BCUT2D eigenvalue weighted by Crippen LogP contribution is -2.23. The number of aromatic nitrogens is 3. The molecule has 3 aromatic heterocycles. The summed E-state index contributed by atoms with van der Waals surface area (Å²) in [6.45, 7) is 0. The van der Waals surface area contributed by atoms with Gasteiger partial charge < -0.3 is 4.40 Å². The van der Waals surface area contributed by atoms with Gasteiger partial charge in [0.05, 0.1) is 18.0 Å². The molecule has 0 saturated heterocycles. The lowest BCUT2D eigenvalue weighted by molar-refractivity contribution is -0.141. The van der Waals surface area contributed by atoms with Crippen LogP contribution < -0.4 is 0 Å². The first-order valence-electron chi connectivity index (χ1n) is 10.4. The van der Waals surface area contributed by atoms with Crippen LogP contribution in [0, 0.1) is 5.92 Å². The van der Waals surface area contributed by atoms with E-state index in [9.17, 15) is 18.0 Å². The fourth-order valence-corrected chi connectivity index (χ4v) is 4.72. The van der Waals surface area contributed by atoms with Crippen LogP contribution in [0.5, 0.6) is 0 Å². The van der Waals surface area contributed by atoms with Crippen molar-refractivity contribution in [1.29, 1.82) is 0 Å². The Bertz CT molecular complexity index is 1080. The summed E-state index contributed by atoms with van der Waals surface area (Å²) in [5.74, 6) is 0.755. The second-order valence-corrected chi connectivity index (χ2v) is 8.49. The van der Waals surface area contributed by atoms with Gasteiger partial charge in [-0.3, -0.25) is 9.78 Å². The van der Waals surface area contributed by atoms with E-state index in [1.807, 2.05) is 10.6 Å². The molecule has 0 atom stereocenters. The smallest absolute Gasteiger partial charge is 0.306 e. The number of carbonyl (C=O) groups excluding carboxylic acids is 1. The lowest BCUT2D eigenvalue weighted by Gasteiger charge is -2.28. The van der Waals surface area contributed by atoms with Crippen molar-refractivity contribution in [3.8, 4) is 0 Å². The van der Waals surface area contributed by atoms with Gasteiger partial charge in [-0.2, -0.15) is 13.2 Å². The molecule has 0 aromatic carbocycles. The fourth-order valence-electron chi connectivity index (χ4n) is 4.72. The van der Waals surface area contributed by atoms with Gasteiger partial charge in [0.15, 0.2) is 5.78 Å². The highest BCUT2D eigenvalue weighted by Crippen LogP contribution is 2.44. The number of Topliss-reactive ketones (excluding diaryl/α,β-unsaturated/α-hetero) is 1. The number of halogens is 3. The Balaban J connectivity index is 1.33. The molecule has 0 radical (unpaired) electrons. The van der Waals surface area contributed by atoms with Gasteiger partial charge >= 0.3 is 6.18 Å². The van der Waals surface area contributed by atoms with Gasteiger partial charge in [-0.25, -0.2) is 4.98 Å². The molecule has 5 rings (SSSR count). The van der Waals surface area contributed by atoms with Crippen molar-refractivity contribution in [2.45, 2.75) is 56.5 Å². The Kier molecular flexibility index (Phi) is 4.64. The second-order valence-electron chi connectivity index (χ2n) is 8.49. The number of fused-ring (bicyclic) bond motifs is 1. The summed E-state index contributed by atoms with van der Waals surface area (Å²) < 4.78 is 40.1. The molecule has 0 unspecified atom stereocenters. The van der Waals surface area contributed by atoms with Crippen LogP contribution >= 0.6 is 0 Å². The summed E-state index contributed by atoms with van der Waals surface area (Å²) in [7, 11) is 0. The highest BCUT2D eigenvalue weighted by molar-refractivity contribution is 6.05. The largest absolute Gasteiger partial charge is 0.433 e. The predicted molar refractivity (Wildman–Crippen MR) is 105 cm³/mol. The third-order valence-corrected chi connectivity index (χ3v) is 6.54. The summed E-state index contributed by atoms with van der Waals surface area (Å²) in [5, 5.41) is 0. The number of hydrogen-bond donors (Lipinski definition) is 0. The van der Waals surface area contributed by atoms with Gasteiger partial charge in [-0.05, 0) is 73.6 Å². The summed E-state index contributed by atoms with van der Waals surface area (Å²) in [6.07, 6.45) is 7.67. The maximum atomic E-state index is 13.5. The summed E-state index contributed by atoms with van der Waals surface area (Å²) in [4.78, 5) is 21.3. The third kappa shape index (κ3) is 3.50.